The zero-order chi connectivity index (χ0) is 16.4. The second-order valence-electron chi connectivity index (χ2n) is 5.55. The van der Waals surface area contributed by atoms with Crippen molar-refractivity contribution >= 4 is 26.9 Å². The van der Waals surface area contributed by atoms with Gasteiger partial charge < -0.3 is 9.52 Å². The van der Waals surface area contributed by atoms with Crippen LogP contribution in [-0.4, -0.2) is 23.1 Å². The Morgan fingerprint density at radius 1 is 1.09 bits per heavy atom. The summed E-state index contributed by atoms with van der Waals surface area (Å²) in [6.07, 6.45) is 0. The molecule has 0 spiro atoms. The molecule has 3 rings (SSSR count). The van der Waals surface area contributed by atoms with Gasteiger partial charge in [0.2, 0.25) is 0 Å². The Morgan fingerprint density at radius 2 is 1.78 bits per heavy atom. The highest BCUT2D eigenvalue weighted by atomic mass is 79.9. The third kappa shape index (κ3) is 3.14. The van der Waals surface area contributed by atoms with E-state index in [-0.39, 0.29) is 0 Å². The van der Waals surface area contributed by atoms with Crippen LogP contribution in [0, 0.1) is 0 Å². The zero-order valence-electron chi connectivity index (χ0n) is 13.3. The highest BCUT2D eigenvalue weighted by Gasteiger charge is 2.16. The number of phenols is 1. The van der Waals surface area contributed by atoms with Crippen molar-refractivity contribution in [3.8, 4) is 17.1 Å². The molecule has 3 aromatic rings. The Bertz CT molecular complexity index is 807. The van der Waals surface area contributed by atoms with Crippen molar-refractivity contribution in [3.63, 3.8) is 0 Å². The first-order chi connectivity index (χ1) is 11.1. The first-order valence-electron chi connectivity index (χ1n) is 7.85. The van der Waals surface area contributed by atoms with Gasteiger partial charge in [0.15, 0.2) is 0 Å². The molecule has 0 atom stereocenters. The minimum Gasteiger partial charge on any atom is -0.506 e. The van der Waals surface area contributed by atoms with E-state index in [1.165, 1.54) is 0 Å². The van der Waals surface area contributed by atoms with Crippen molar-refractivity contribution in [2.75, 3.05) is 13.1 Å². The fourth-order valence-electron chi connectivity index (χ4n) is 2.73. The maximum absolute atomic E-state index is 10.5. The van der Waals surface area contributed by atoms with Crippen molar-refractivity contribution in [3.05, 3.63) is 52.5 Å². The van der Waals surface area contributed by atoms with Gasteiger partial charge in [0.1, 0.15) is 17.1 Å². The molecule has 0 aliphatic carbocycles. The molecule has 0 bridgehead atoms. The number of phenolic OH excluding ortho intramolecular Hbond substituents is 1. The summed E-state index contributed by atoms with van der Waals surface area (Å²) in [4.78, 5) is 2.26. The number of benzene rings is 2. The van der Waals surface area contributed by atoms with Crippen LogP contribution in [0.1, 0.15) is 19.4 Å². The van der Waals surface area contributed by atoms with Crippen molar-refractivity contribution in [1.82, 2.24) is 4.90 Å². The third-order valence-corrected chi connectivity index (χ3v) is 4.96. The quantitative estimate of drug-likeness (QED) is 0.649. The molecule has 0 saturated heterocycles. The smallest absolute Gasteiger partial charge is 0.136 e. The van der Waals surface area contributed by atoms with Crippen LogP contribution in [0.15, 0.2) is 51.4 Å². The van der Waals surface area contributed by atoms with Crippen molar-refractivity contribution in [2.45, 2.75) is 20.4 Å². The first kappa shape index (κ1) is 16.1. The molecule has 1 aromatic heterocycles. The van der Waals surface area contributed by atoms with Crippen LogP contribution in [0.5, 0.6) is 5.75 Å². The molecular formula is C19H20BrNO2. The molecule has 1 heterocycles. The molecule has 4 heteroatoms. The van der Waals surface area contributed by atoms with E-state index >= 15 is 0 Å². The molecule has 23 heavy (non-hydrogen) atoms. The monoisotopic (exact) mass is 373 g/mol. The summed E-state index contributed by atoms with van der Waals surface area (Å²) >= 11 is 3.52. The Hall–Kier alpha value is -1.78. The Morgan fingerprint density at radius 3 is 2.43 bits per heavy atom. The van der Waals surface area contributed by atoms with Crippen LogP contribution in [0.4, 0.5) is 0 Å². The van der Waals surface area contributed by atoms with Gasteiger partial charge in [0.05, 0.1) is 4.47 Å². The highest BCUT2D eigenvalue weighted by molar-refractivity contribution is 9.10. The molecule has 1 N–H and O–H groups in total. The van der Waals surface area contributed by atoms with Gasteiger partial charge in [-0.15, -0.1) is 0 Å². The van der Waals surface area contributed by atoms with Gasteiger partial charge in [-0.2, -0.15) is 0 Å². The topological polar surface area (TPSA) is 36.6 Å². The summed E-state index contributed by atoms with van der Waals surface area (Å²) < 4.78 is 6.72. The molecule has 0 fully saturated rings. The number of rotatable bonds is 5. The molecule has 0 radical (unpaired) electrons. The fraction of sp³-hybridized carbons (Fsp3) is 0.263. The van der Waals surface area contributed by atoms with Crippen LogP contribution < -0.4 is 0 Å². The average Bonchev–Trinajstić information content (AvgIpc) is 3.02. The van der Waals surface area contributed by atoms with Gasteiger partial charge in [-0.3, -0.25) is 4.90 Å². The number of aromatic hydroxyl groups is 1. The van der Waals surface area contributed by atoms with Crippen LogP contribution >= 0.6 is 15.9 Å². The van der Waals surface area contributed by atoms with Gasteiger partial charge in [-0.05, 0) is 41.2 Å². The lowest BCUT2D eigenvalue weighted by Gasteiger charge is -2.19. The maximum Gasteiger partial charge on any atom is 0.136 e. The van der Waals surface area contributed by atoms with E-state index in [1.807, 2.05) is 42.5 Å². The standard InChI is InChI=1S/C19H20BrNO2/c1-3-21(4-2)12-14-10-17-15(18(20)19(14)22)11-16(23-17)13-8-6-5-7-9-13/h5-11,22H,3-4,12H2,1-2H3. The molecule has 2 aromatic carbocycles. The molecule has 120 valence electrons. The summed E-state index contributed by atoms with van der Waals surface area (Å²) in [5.74, 6) is 1.10. The van der Waals surface area contributed by atoms with Crippen LogP contribution in [0.25, 0.3) is 22.3 Å². The average molecular weight is 374 g/mol. The van der Waals surface area contributed by atoms with E-state index in [4.69, 9.17) is 4.42 Å². The molecule has 3 nitrogen and oxygen atoms in total. The van der Waals surface area contributed by atoms with E-state index in [0.717, 1.165) is 40.9 Å². The predicted octanol–water partition coefficient (Wildman–Crippen LogP) is 5.41. The molecule has 0 amide bonds. The molecular weight excluding hydrogens is 354 g/mol. The van der Waals surface area contributed by atoms with Crippen LogP contribution in [0.2, 0.25) is 0 Å². The van der Waals surface area contributed by atoms with Gasteiger partial charge in [0, 0.05) is 23.1 Å². The largest absolute Gasteiger partial charge is 0.506 e. The highest BCUT2D eigenvalue weighted by Crippen LogP contribution is 2.39. The minimum atomic E-state index is 0.296. The van der Waals surface area contributed by atoms with Gasteiger partial charge in [-0.1, -0.05) is 44.2 Å². The lowest BCUT2D eigenvalue weighted by Crippen LogP contribution is -2.22. The van der Waals surface area contributed by atoms with Crippen molar-refractivity contribution in [1.29, 1.82) is 0 Å². The van der Waals surface area contributed by atoms with Gasteiger partial charge >= 0.3 is 0 Å². The summed E-state index contributed by atoms with van der Waals surface area (Å²) in [5, 5.41) is 11.4. The molecule has 0 saturated carbocycles. The summed E-state index contributed by atoms with van der Waals surface area (Å²) in [6.45, 7) is 6.83. The molecule has 0 unspecified atom stereocenters. The number of furan rings is 1. The summed E-state index contributed by atoms with van der Waals surface area (Å²) in [6, 6.07) is 13.9. The second kappa shape index (κ2) is 6.77. The summed E-state index contributed by atoms with van der Waals surface area (Å²) in [5.41, 5.74) is 2.69. The molecule has 0 aliphatic heterocycles. The molecule has 0 aliphatic rings. The number of hydrogen-bond donors (Lipinski definition) is 1. The third-order valence-electron chi connectivity index (χ3n) is 4.16. The Labute approximate surface area is 144 Å². The summed E-state index contributed by atoms with van der Waals surface area (Å²) in [7, 11) is 0. The van der Waals surface area contributed by atoms with Gasteiger partial charge in [-0.25, -0.2) is 0 Å². The SMILES string of the molecule is CCN(CC)Cc1cc2oc(-c3ccccc3)cc2c(Br)c1O. The fourth-order valence-corrected chi connectivity index (χ4v) is 3.30. The van der Waals surface area contributed by atoms with Crippen molar-refractivity contribution < 1.29 is 9.52 Å². The number of fused-ring (bicyclic) bond motifs is 1. The van der Waals surface area contributed by atoms with E-state index in [1.54, 1.807) is 0 Å². The Balaban J connectivity index is 2.07. The van der Waals surface area contributed by atoms with Gasteiger partial charge in [0.25, 0.3) is 0 Å². The van der Waals surface area contributed by atoms with E-state index in [9.17, 15) is 5.11 Å². The van der Waals surface area contributed by atoms with Crippen LogP contribution in [-0.2, 0) is 6.54 Å². The predicted molar refractivity (Wildman–Crippen MR) is 97.6 cm³/mol. The number of hydrogen-bond acceptors (Lipinski definition) is 3. The zero-order valence-corrected chi connectivity index (χ0v) is 14.9. The lowest BCUT2D eigenvalue weighted by atomic mass is 10.1. The van der Waals surface area contributed by atoms with Crippen molar-refractivity contribution in [2.24, 2.45) is 0 Å². The van der Waals surface area contributed by atoms with E-state index in [0.29, 0.717) is 16.8 Å². The maximum atomic E-state index is 10.5. The number of halogens is 1. The normalized spacial score (nSPS) is 11.5. The van der Waals surface area contributed by atoms with E-state index in [2.05, 4.69) is 34.7 Å². The number of nitrogens with zero attached hydrogens (tertiary/aromatic N) is 1. The van der Waals surface area contributed by atoms with Crippen LogP contribution in [0.3, 0.4) is 0 Å². The first-order valence-corrected chi connectivity index (χ1v) is 8.65. The lowest BCUT2D eigenvalue weighted by molar-refractivity contribution is 0.290. The minimum absolute atomic E-state index is 0.296. The van der Waals surface area contributed by atoms with E-state index < -0.39 is 0 Å². The Kier molecular flexibility index (Phi) is 4.74. The second-order valence-corrected chi connectivity index (χ2v) is 6.34.